The Morgan fingerprint density at radius 1 is 1.24 bits per heavy atom. The second-order valence-corrected chi connectivity index (χ2v) is 10.3. The van der Waals surface area contributed by atoms with E-state index in [2.05, 4.69) is 4.98 Å². The summed E-state index contributed by atoms with van der Waals surface area (Å²) in [7, 11) is -4.56. The fraction of sp³-hybridized carbons (Fsp3) is 0.240. The average Bonchev–Trinajstić information content (AvgIpc) is 2.83. The zero-order valence-electron chi connectivity index (χ0n) is 19.6. The molecule has 4 rings (SSSR count). The number of hydrogen-bond acceptors (Lipinski definition) is 5. The molecule has 0 aliphatic carbocycles. The molecule has 2 aromatic carbocycles. The Bertz CT molecular complexity index is 1460. The van der Waals surface area contributed by atoms with Gasteiger partial charge >= 0.3 is 6.18 Å². The molecule has 1 aliphatic rings. The summed E-state index contributed by atoms with van der Waals surface area (Å²) in [5.41, 5.74) is 0.0479. The number of hydrogen-bond donors (Lipinski definition) is 0. The molecule has 196 valence electrons. The van der Waals surface area contributed by atoms with E-state index in [0.717, 1.165) is 4.31 Å². The Kier molecular flexibility index (Phi) is 7.38. The highest BCUT2D eigenvalue weighted by molar-refractivity contribution is 7.93. The number of aromatic nitrogens is 1. The third kappa shape index (κ3) is 5.37. The number of anilines is 1. The van der Waals surface area contributed by atoms with E-state index < -0.39 is 38.4 Å². The monoisotopic (exact) mass is 556 g/mol. The van der Waals surface area contributed by atoms with E-state index in [9.17, 15) is 26.0 Å². The van der Waals surface area contributed by atoms with Crippen molar-refractivity contribution in [1.82, 2.24) is 4.98 Å². The van der Waals surface area contributed by atoms with Crippen molar-refractivity contribution in [2.45, 2.75) is 24.9 Å². The van der Waals surface area contributed by atoms with Crippen LogP contribution in [0.4, 0.5) is 23.2 Å². The molecule has 0 amide bonds. The Hall–Kier alpha value is -3.31. The highest BCUT2D eigenvalue weighted by Crippen LogP contribution is 2.40. The van der Waals surface area contributed by atoms with Gasteiger partial charge in [-0.25, -0.2) is 17.8 Å². The van der Waals surface area contributed by atoms with Gasteiger partial charge in [-0.1, -0.05) is 29.8 Å². The van der Waals surface area contributed by atoms with E-state index >= 15 is 0 Å². The molecule has 0 unspecified atom stereocenters. The van der Waals surface area contributed by atoms with Crippen LogP contribution in [0.3, 0.4) is 0 Å². The second kappa shape index (κ2) is 10.2. The number of pyridine rings is 1. The summed E-state index contributed by atoms with van der Waals surface area (Å²) in [6.45, 7) is 3.01. The molecule has 6 nitrogen and oxygen atoms in total. The molecule has 0 atom stereocenters. The van der Waals surface area contributed by atoms with Gasteiger partial charge in [-0.05, 0) is 55.3 Å². The summed E-state index contributed by atoms with van der Waals surface area (Å²) >= 11 is 6.16. The number of ether oxygens (including phenoxy) is 2. The van der Waals surface area contributed by atoms with Gasteiger partial charge in [-0.3, -0.25) is 4.31 Å². The predicted molar refractivity (Wildman–Crippen MR) is 132 cm³/mol. The first-order valence-corrected chi connectivity index (χ1v) is 12.9. The van der Waals surface area contributed by atoms with Crippen LogP contribution in [0, 0.1) is 5.82 Å². The first-order valence-electron chi connectivity index (χ1n) is 11.1. The lowest BCUT2D eigenvalue weighted by Gasteiger charge is -2.31. The normalized spacial score (nSPS) is 14.2. The number of benzene rings is 2. The largest absolute Gasteiger partial charge is 0.489 e. The van der Waals surface area contributed by atoms with Crippen molar-refractivity contribution in [2.24, 2.45) is 0 Å². The second-order valence-electron chi connectivity index (χ2n) is 8.03. The Morgan fingerprint density at radius 2 is 2.00 bits per heavy atom. The first-order chi connectivity index (χ1) is 17.4. The maximum Gasteiger partial charge on any atom is 0.417 e. The van der Waals surface area contributed by atoms with Crippen LogP contribution in [0.5, 0.6) is 11.6 Å². The van der Waals surface area contributed by atoms with Gasteiger partial charge in [-0.15, -0.1) is 0 Å². The van der Waals surface area contributed by atoms with Crippen molar-refractivity contribution in [2.75, 3.05) is 24.1 Å². The third-order valence-electron chi connectivity index (χ3n) is 5.54. The number of rotatable bonds is 6. The van der Waals surface area contributed by atoms with Crippen molar-refractivity contribution in [3.8, 4) is 11.6 Å². The van der Waals surface area contributed by atoms with E-state index in [1.165, 1.54) is 24.3 Å². The quantitative estimate of drug-likeness (QED) is 0.258. The number of sulfonamides is 1. The Morgan fingerprint density at radius 3 is 2.68 bits per heavy atom. The van der Waals surface area contributed by atoms with E-state index in [1.54, 1.807) is 32.1 Å². The summed E-state index contributed by atoms with van der Waals surface area (Å²) in [5, 5.41) is 0.208. The van der Waals surface area contributed by atoms with E-state index in [0.29, 0.717) is 23.4 Å². The minimum absolute atomic E-state index is 0.00654. The van der Waals surface area contributed by atoms with Crippen LogP contribution in [0.1, 0.15) is 30.5 Å². The van der Waals surface area contributed by atoms with Gasteiger partial charge < -0.3 is 9.47 Å². The molecule has 0 bridgehead atoms. The standard InChI is InChI=1S/C25H21ClF4N2O4S/c1-3-35-24-22(13-17(14-31-24)25(28,29)30)37(33,34)32-9-10-36-21-8-7-16(12-20(21)32)11-15(2)23-18(26)5-4-6-19(23)27/h4-8,11-14H,3,9-10H2,1-2H3/b15-11+. The van der Waals surface area contributed by atoms with Gasteiger partial charge in [0.1, 0.15) is 18.2 Å². The minimum Gasteiger partial charge on any atom is -0.489 e. The molecule has 1 aliphatic heterocycles. The molecule has 2 heterocycles. The van der Waals surface area contributed by atoms with Crippen LogP contribution in [0.15, 0.2) is 53.6 Å². The zero-order valence-corrected chi connectivity index (χ0v) is 21.2. The SMILES string of the molecule is CCOc1ncc(C(F)(F)F)cc1S(=O)(=O)N1CCOc2ccc(/C=C(\C)c3c(F)cccc3Cl)cc21. The lowest BCUT2D eigenvalue weighted by atomic mass is 10.0. The van der Waals surface area contributed by atoms with Gasteiger partial charge in [0, 0.05) is 11.8 Å². The van der Waals surface area contributed by atoms with Crippen LogP contribution in [-0.4, -0.2) is 33.2 Å². The molecule has 3 aromatic rings. The fourth-order valence-corrected chi connectivity index (χ4v) is 5.76. The van der Waals surface area contributed by atoms with Crippen molar-refractivity contribution in [1.29, 1.82) is 0 Å². The van der Waals surface area contributed by atoms with E-state index in [1.807, 2.05) is 0 Å². The Balaban J connectivity index is 1.81. The summed E-state index contributed by atoms with van der Waals surface area (Å²) in [6.07, 6.45) is -2.67. The number of halogens is 5. The Labute approximate surface area is 216 Å². The van der Waals surface area contributed by atoms with E-state index in [-0.39, 0.29) is 41.8 Å². The molecule has 0 fully saturated rings. The fourth-order valence-electron chi connectivity index (χ4n) is 3.88. The lowest BCUT2D eigenvalue weighted by molar-refractivity contribution is -0.138. The summed E-state index contributed by atoms with van der Waals surface area (Å²) in [4.78, 5) is 2.91. The van der Waals surface area contributed by atoms with Crippen LogP contribution in [0.25, 0.3) is 11.6 Å². The van der Waals surface area contributed by atoms with Crippen LogP contribution in [0.2, 0.25) is 5.02 Å². The number of nitrogens with zero attached hydrogens (tertiary/aromatic N) is 2. The third-order valence-corrected chi connectivity index (χ3v) is 7.66. The topological polar surface area (TPSA) is 68.7 Å². The molecule has 0 spiro atoms. The summed E-state index contributed by atoms with van der Waals surface area (Å²) < 4.78 is 93.6. The molecule has 12 heteroatoms. The van der Waals surface area contributed by atoms with Gasteiger partial charge in [-0.2, -0.15) is 13.2 Å². The summed E-state index contributed by atoms with van der Waals surface area (Å²) in [5.74, 6) is -0.747. The van der Waals surface area contributed by atoms with E-state index in [4.69, 9.17) is 21.1 Å². The van der Waals surface area contributed by atoms with Crippen molar-refractivity contribution in [3.05, 3.63) is 76.2 Å². The zero-order chi connectivity index (χ0) is 27.0. The number of allylic oxidation sites excluding steroid dienone is 1. The first kappa shape index (κ1) is 26.7. The molecule has 1 aromatic heterocycles. The number of fused-ring (bicyclic) bond motifs is 1. The van der Waals surface area contributed by atoms with Crippen LogP contribution >= 0.6 is 11.6 Å². The summed E-state index contributed by atoms with van der Waals surface area (Å²) in [6, 6.07) is 9.48. The maximum absolute atomic E-state index is 14.4. The van der Waals surface area contributed by atoms with Gasteiger partial charge in [0.05, 0.1) is 29.4 Å². The van der Waals surface area contributed by atoms with Crippen molar-refractivity contribution >= 4 is 39.0 Å². The molecule has 0 N–H and O–H groups in total. The van der Waals surface area contributed by atoms with Crippen LogP contribution in [-0.2, 0) is 16.2 Å². The predicted octanol–water partition coefficient (Wildman–Crippen LogP) is 6.44. The van der Waals surface area contributed by atoms with Crippen LogP contribution < -0.4 is 13.8 Å². The van der Waals surface area contributed by atoms with Crippen molar-refractivity contribution < 1.29 is 35.5 Å². The maximum atomic E-state index is 14.4. The molecule has 0 saturated carbocycles. The van der Waals surface area contributed by atoms with Crippen molar-refractivity contribution in [3.63, 3.8) is 0 Å². The molecule has 37 heavy (non-hydrogen) atoms. The molecule has 0 radical (unpaired) electrons. The van der Waals surface area contributed by atoms with Gasteiger partial charge in [0.25, 0.3) is 10.0 Å². The smallest absolute Gasteiger partial charge is 0.417 e. The average molecular weight is 557 g/mol. The molecular formula is C25H21ClF4N2O4S. The van der Waals surface area contributed by atoms with Gasteiger partial charge in [0.15, 0.2) is 4.90 Å². The highest BCUT2D eigenvalue weighted by Gasteiger charge is 2.37. The lowest BCUT2D eigenvalue weighted by Crippen LogP contribution is -2.38. The highest BCUT2D eigenvalue weighted by atomic mass is 35.5. The molecular weight excluding hydrogens is 536 g/mol. The minimum atomic E-state index is -4.81. The number of alkyl halides is 3. The van der Waals surface area contributed by atoms with Gasteiger partial charge in [0.2, 0.25) is 5.88 Å². The molecule has 0 saturated heterocycles.